The highest BCUT2D eigenvalue weighted by molar-refractivity contribution is 7.99. The maximum Gasteiger partial charge on any atom is 0.263 e. The Morgan fingerprint density at radius 1 is 1.08 bits per heavy atom. The molecule has 2 rings (SSSR count). The molecule has 0 spiro atoms. The third-order valence-electron chi connectivity index (χ3n) is 3.08. The minimum absolute atomic E-state index is 0.0365. The fourth-order valence-corrected chi connectivity index (χ4v) is 2.93. The van der Waals surface area contributed by atoms with E-state index in [0.29, 0.717) is 0 Å². The lowest BCUT2D eigenvalue weighted by Gasteiger charge is -2.20. The molecule has 2 aromatic rings. The van der Waals surface area contributed by atoms with E-state index in [2.05, 4.69) is 10.6 Å². The van der Waals surface area contributed by atoms with Gasteiger partial charge in [0, 0.05) is 21.5 Å². The van der Waals surface area contributed by atoms with Crippen LogP contribution in [0.1, 0.15) is 20.8 Å². The Morgan fingerprint density at radius 2 is 1.72 bits per heavy atom. The molecule has 2 aromatic carbocycles. The predicted octanol–water partition coefficient (Wildman–Crippen LogP) is 4.57. The first-order chi connectivity index (χ1) is 11.9. The summed E-state index contributed by atoms with van der Waals surface area (Å²) < 4.78 is 0. The van der Waals surface area contributed by atoms with Gasteiger partial charge in [0.05, 0.1) is 5.69 Å². The molecule has 0 unspecified atom stereocenters. The van der Waals surface area contributed by atoms with Gasteiger partial charge in [-0.1, -0.05) is 42.1 Å². The number of anilines is 1. The number of carbonyl (C=O) groups is 1. The first-order valence-electron chi connectivity index (χ1n) is 7.90. The van der Waals surface area contributed by atoms with Crippen molar-refractivity contribution in [3.8, 4) is 6.07 Å². The van der Waals surface area contributed by atoms with E-state index in [1.165, 1.54) is 6.20 Å². The number of benzene rings is 2. The molecule has 0 aliphatic rings. The van der Waals surface area contributed by atoms with E-state index in [4.69, 9.17) is 0 Å². The summed E-state index contributed by atoms with van der Waals surface area (Å²) in [5.74, 6) is -0.393. The molecular formula is C20H21N3OS. The lowest BCUT2D eigenvalue weighted by Crippen LogP contribution is -2.41. The molecule has 5 heteroatoms. The van der Waals surface area contributed by atoms with E-state index in [1.54, 1.807) is 11.8 Å². The van der Waals surface area contributed by atoms with Crippen molar-refractivity contribution in [2.75, 3.05) is 5.32 Å². The average Bonchev–Trinajstić information content (AvgIpc) is 2.56. The molecule has 0 aromatic heterocycles. The van der Waals surface area contributed by atoms with E-state index in [-0.39, 0.29) is 5.57 Å². The number of hydrogen-bond acceptors (Lipinski definition) is 4. The molecule has 0 fully saturated rings. The monoisotopic (exact) mass is 351 g/mol. The van der Waals surface area contributed by atoms with Crippen LogP contribution in [0, 0.1) is 11.3 Å². The zero-order valence-electron chi connectivity index (χ0n) is 14.5. The number of nitrogens with one attached hydrogen (secondary N) is 2. The summed E-state index contributed by atoms with van der Waals surface area (Å²) in [6.45, 7) is 5.62. The summed E-state index contributed by atoms with van der Waals surface area (Å²) in [4.78, 5) is 14.3. The van der Waals surface area contributed by atoms with Crippen molar-refractivity contribution in [1.29, 1.82) is 5.26 Å². The summed E-state index contributed by atoms with van der Waals surface area (Å²) >= 11 is 1.62. The van der Waals surface area contributed by atoms with Crippen LogP contribution < -0.4 is 10.6 Å². The number of nitriles is 1. The Balaban J connectivity index is 2.17. The summed E-state index contributed by atoms with van der Waals surface area (Å²) in [5, 5.41) is 15.1. The standard InChI is InChI=1S/C20H21N3OS/c1-20(2,3)23-19(24)15(13-21)14-22-17-11-7-8-12-18(17)25-16-9-5-4-6-10-16/h4-12,14,22H,1-3H3,(H,23,24)/b15-14-. The minimum Gasteiger partial charge on any atom is -0.359 e. The summed E-state index contributed by atoms with van der Waals surface area (Å²) in [7, 11) is 0. The molecule has 128 valence electrons. The molecule has 0 heterocycles. The van der Waals surface area contributed by atoms with Gasteiger partial charge in [-0.15, -0.1) is 0 Å². The zero-order chi connectivity index (χ0) is 18.3. The number of nitrogens with zero attached hydrogens (tertiary/aromatic N) is 1. The number of carbonyl (C=O) groups excluding carboxylic acids is 1. The van der Waals surface area contributed by atoms with Crippen molar-refractivity contribution in [2.24, 2.45) is 0 Å². The molecule has 0 atom stereocenters. The van der Waals surface area contributed by atoms with Gasteiger partial charge in [0.15, 0.2) is 0 Å². The molecule has 0 aliphatic heterocycles. The van der Waals surface area contributed by atoms with E-state index in [1.807, 2.05) is 81.4 Å². The van der Waals surface area contributed by atoms with E-state index < -0.39 is 11.4 Å². The topological polar surface area (TPSA) is 64.9 Å². The number of para-hydroxylation sites is 1. The third kappa shape index (κ3) is 6.02. The zero-order valence-corrected chi connectivity index (χ0v) is 15.4. The van der Waals surface area contributed by atoms with Crippen LogP contribution in [0.25, 0.3) is 0 Å². The summed E-state index contributed by atoms with van der Waals surface area (Å²) in [6.07, 6.45) is 1.45. The maximum atomic E-state index is 12.1. The largest absolute Gasteiger partial charge is 0.359 e. The molecule has 0 bridgehead atoms. The smallest absolute Gasteiger partial charge is 0.263 e. The molecule has 4 nitrogen and oxygen atoms in total. The van der Waals surface area contributed by atoms with Crippen LogP contribution in [0.15, 0.2) is 76.2 Å². The van der Waals surface area contributed by atoms with Gasteiger partial charge in [-0.3, -0.25) is 4.79 Å². The minimum atomic E-state index is -0.395. The number of rotatable bonds is 5. The van der Waals surface area contributed by atoms with Crippen molar-refractivity contribution in [3.63, 3.8) is 0 Å². The SMILES string of the molecule is CC(C)(C)NC(=O)/C(C#N)=C\Nc1ccccc1Sc1ccccc1. The van der Waals surface area contributed by atoms with Gasteiger partial charge >= 0.3 is 0 Å². The lowest BCUT2D eigenvalue weighted by atomic mass is 10.1. The Bertz CT molecular complexity index is 802. The molecule has 0 radical (unpaired) electrons. The fourth-order valence-electron chi connectivity index (χ4n) is 2.00. The van der Waals surface area contributed by atoms with Gasteiger partial charge in [0.2, 0.25) is 0 Å². The summed E-state index contributed by atoms with van der Waals surface area (Å²) in [6, 6.07) is 19.7. The Labute approximate surface area is 152 Å². The second-order valence-corrected chi connectivity index (χ2v) is 7.54. The van der Waals surface area contributed by atoms with Gasteiger partial charge in [-0.25, -0.2) is 0 Å². The van der Waals surface area contributed by atoms with E-state index >= 15 is 0 Å². The molecule has 0 saturated heterocycles. The van der Waals surface area contributed by atoms with Crippen LogP contribution in [-0.4, -0.2) is 11.4 Å². The first-order valence-corrected chi connectivity index (χ1v) is 8.72. The Morgan fingerprint density at radius 3 is 2.36 bits per heavy atom. The van der Waals surface area contributed by atoms with Crippen molar-refractivity contribution in [2.45, 2.75) is 36.1 Å². The van der Waals surface area contributed by atoms with Gasteiger partial charge in [-0.2, -0.15) is 5.26 Å². The van der Waals surface area contributed by atoms with Gasteiger partial charge in [0.1, 0.15) is 11.6 Å². The van der Waals surface area contributed by atoms with Crippen LogP contribution in [0.5, 0.6) is 0 Å². The van der Waals surface area contributed by atoms with Crippen molar-refractivity contribution < 1.29 is 4.79 Å². The second kappa shape index (κ2) is 8.41. The van der Waals surface area contributed by atoms with E-state index in [9.17, 15) is 10.1 Å². The summed E-state index contributed by atoms with van der Waals surface area (Å²) in [5.41, 5.74) is 0.482. The normalized spacial score (nSPS) is 11.5. The van der Waals surface area contributed by atoms with Crippen LogP contribution in [-0.2, 0) is 4.79 Å². The van der Waals surface area contributed by atoms with Crippen LogP contribution in [0.2, 0.25) is 0 Å². The fraction of sp³-hybridized carbons (Fsp3) is 0.200. The highest BCUT2D eigenvalue weighted by Crippen LogP contribution is 2.33. The van der Waals surface area contributed by atoms with Gasteiger partial charge < -0.3 is 10.6 Å². The first kappa shape index (κ1) is 18.6. The van der Waals surface area contributed by atoms with Crippen molar-refractivity contribution in [1.82, 2.24) is 5.32 Å². The Kier molecular flexibility index (Phi) is 6.26. The van der Waals surface area contributed by atoms with Crippen molar-refractivity contribution in [3.05, 3.63) is 66.4 Å². The van der Waals surface area contributed by atoms with Gasteiger partial charge in [-0.05, 0) is 45.0 Å². The van der Waals surface area contributed by atoms with Gasteiger partial charge in [0.25, 0.3) is 5.91 Å². The molecule has 1 amide bonds. The second-order valence-electron chi connectivity index (χ2n) is 6.43. The highest BCUT2D eigenvalue weighted by atomic mass is 32.2. The maximum absolute atomic E-state index is 12.1. The molecular weight excluding hydrogens is 330 g/mol. The number of hydrogen-bond donors (Lipinski definition) is 2. The van der Waals surface area contributed by atoms with Crippen LogP contribution in [0.4, 0.5) is 5.69 Å². The molecule has 0 aliphatic carbocycles. The molecule has 0 saturated carbocycles. The number of amides is 1. The average molecular weight is 351 g/mol. The Hall–Kier alpha value is -2.71. The predicted molar refractivity (Wildman–Crippen MR) is 102 cm³/mol. The van der Waals surface area contributed by atoms with Crippen molar-refractivity contribution >= 4 is 23.4 Å². The van der Waals surface area contributed by atoms with Crippen LogP contribution in [0.3, 0.4) is 0 Å². The molecule has 2 N–H and O–H groups in total. The lowest BCUT2D eigenvalue weighted by molar-refractivity contribution is -0.118. The van der Waals surface area contributed by atoms with Crippen LogP contribution >= 0.6 is 11.8 Å². The quantitative estimate of drug-likeness (QED) is 0.612. The third-order valence-corrected chi connectivity index (χ3v) is 4.17. The highest BCUT2D eigenvalue weighted by Gasteiger charge is 2.17. The molecule has 25 heavy (non-hydrogen) atoms. The van der Waals surface area contributed by atoms with E-state index in [0.717, 1.165) is 15.5 Å².